The topological polar surface area (TPSA) is 81.9 Å². The quantitative estimate of drug-likeness (QED) is 0.737. The zero-order valence-corrected chi connectivity index (χ0v) is 14.5. The smallest absolute Gasteiger partial charge is 0.422 e. The number of carbonyl (C=O) groups excluding carboxylic acids is 1. The lowest BCUT2D eigenvalue weighted by Crippen LogP contribution is -2.19. The maximum Gasteiger partial charge on any atom is 0.422 e. The minimum absolute atomic E-state index is 0.0767. The molecule has 0 aliphatic carbocycles. The van der Waals surface area contributed by atoms with E-state index in [1.807, 2.05) is 0 Å². The van der Waals surface area contributed by atoms with Crippen LogP contribution in [0.4, 0.5) is 13.2 Å². The molecule has 1 amide bonds. The van der Waals surface area contributed by atoms with Crippen molar-refractivity contribution in [1.82, 2.24) is 25.1 Å². The third-order valence-electron chi connectivity index (χ3n) is 3.76. The van der Waals surface area contributed by atoms with Crippen LogP contribution in [-0.4, -0.2) is 45.5 Å². The normalized spacial score (nSPS) is 11.6. The monoisotopic (exact) mass is 379 g/mol. The van der Waals surface area contributed by atoms with Gasteiger partial charge in [-0.1, -0.05) is 0 Å². The van der Waals surface area contributed by atoms with Crippen molar-refractivity contribution in [2.75, 3.05) is 13.7 Å². The SMILES string of the molecule is CNC(=O)c1nccc2nn(Cc3cc(C)c(OCC(F)(F)F)cn3)cc12. The van der Waals surface area contributed by atoms with E-state index in [4.69, 9.17) is 4.74 Å². The molecule has 0 saturated carbocycles. The van der Waals surface area contributed by atoms with E-state index in [-0.39, 0.29) is 23.9 Å². The van der Waals surface area contributed by atoms with Gasteiger partial charge in [-0.25, -0.2) is 0 Å². The van der Waals surface area contributed by atoms with Gasteiger partial charge in [-0.2, -0.15) is 18.3 Å². The molecule has 0 spiro atoms. The molecule has 0 bridgehead atoms. The van der Waals surface area contributed by atoms with Crippen LogP contribution in [0.25, 0.3) is 10.9 Å². The third-order valence-corrected chi connectivity index (χ3v) is 3.76. The van der Waals surface area contributed by atoms with Crippen molar-refractivity contribution in [2.24, 2.45) is 0 Å². The van der Waals surface area contributed by atoms with E-state index in [1.54, 1.807) is 29.9 Å². The molecule has 7 nitrogen and oxygen atoms in total. The molecule has 3 aromatic rings. The summed E-state index contributed by atoms with van der Waals surface area (Å²) >= 11 is 0. The molecule has 0 aromatic carbocycles. The van der Waals surface area contributed by atoms with Crippen LogP contribution in [0.5, 0.6) is 5.75 Å². The molecule has 0 unspecified atom stereocenters. The second-order valence-electron chi connectivity index (χ2n) is 5.84. The third kappa shape index (κ3) is 4.33. The standard InChI is InChI=1S/C17H16F3N5O2/c1-10-5-11(23-6-14(10)27-9-17(18,19)20)7-25-8-12-13(24-25)3-4-22-15(12)16(26)21-2/h3-6,8H,7,9H2,1-2H3,(H,21,26). The number of rotatable bonds is 5. The fourth-order valence-corrected chi connectivity index (χ4v) is 2.54. The molecule has 27 heavy (non-hydrogen) atoms. The lowest BCUT2D eigenvalue weighted by atomic mass is 10.2. The van der Waals surface area contributed by atoms with Gasteiger partial charge in [0.1, 0.15) is 11.4 Å². The lowest BCUT2D eigenvalue weighted by Gasteiger charge is -2.11. The molecule has 10 heteroatoms. The van der Waals surface area contributed by atoms with Gasteiger partial charge in [-0.3, -0.25) is 19.4 Å². The highest BCUT2D eigenvalue weighted by atomic mass is 19.4. The van der Waals surface area contributed by atoms with Gasteiger partial charge in [0, 0.05) is 19.4 Å². The van der Waals surface area contributed by atoms with Crippen LogP contribution in [0, 0.1) is 6.92 Å². The summed E-state index contributed by atoms with van der Waals surface area (Å²) in [6.45, 7) is 0.557. The van der Waals surface area contributed by atoms with E-state index in [0.717, 1.165) is 0 Å². The van der Waals surface area contributed by atoms with Crippen LogP contribution in [0.15, 0.2) is 30.7 Å². The molecule has 0 saturated heterocycles. The Morgan fingerprint density at radius 2 is 2.11 bits per heavy atom. The Kier molecular flexibility index (Phi) is 4.98. The molecule has 3 heterocycles. The summed E-state index contributed by atoms with van der Waals surface area (Å²) < 4.78 is 43.1. The molecule has 0 aliphatic heterocycles. The van der Waals surface area contributed by atoms with Crippen molar-refractivity contribution in [1.29, 1.82) is 0 Å². The fourth-order valence-electron chi connectivity index (χ4n) is 2.54. The van der Waals surface area contributed by atoms with Crippen LogP contribution in [-0.2, 0) is 6.54 Å². The number of nitrogens with zero attached hydrogens (tertiary/aromatic N) is 4. The van der Waals surface area contributed by atoms with Crippen LogP contribution in [0.1, 0.15) is 21.7 Å². The molecule has 0 aliphatic rings. The maximum atomic E-state index is 12.3. The van der Waals surface area contributed by atoms with Gasteiger partial charge in [0.15, 0.2) is 6.61 Å². The second-order valence-corrected chi connectivity index (χ2v) is 5.84. The Hall–Kier alpha value is -3.17. The largest absolute Gasteiger partial charge is 0.482 e. The predicted molar refractivity (Wildman–Crippen MR) is 90.5 cm³/mol. The summed E-state index contributed by atoms with van der Waals surface area (Å²) in [4.78, 5) is 20.1. The zero-order valence-electron chi connectivity index (χ0n) is 14.5. The number of ether oxygens (including phenoxy) is 1. The first-order valence-electron chi connectivity index (χ1n) is 7.96. The van der Waals surface area contributed by atoms with Gasteiger partial charge < -0.3 is 10.1 Å². The van der Waals surface area contributed by atoms with Gasteiger partial charge in [0.05, 0.1) is 29.3 Å². The highest BCUT2D eigenvalue weighted by Crippen LogP contribution is 2.22. The summed E-state index contributed by atoms with van der Waals surface area (Å²) in [5, 5.41) is 7.50. The molecule has 0 atom stereocenters. The van der Waals surface area contributed by atoms with Crippen molar-refractivity contribution in [3.05, 3.63) is 47.7 Å². The molecule has 0 fully saturated rings. The summed E-state index contributed by atoms with van der Waals surface area (Å²) in [6, 6.07) is 3.32. The van der Waals surface area contributed by atoms with Gasteiger partial charge in [-0.15, -0.1) is 0 Å². The van der Waals surface area contributed by atoms with Gasteiger partial charge in [0.25, 0.3) is 5.91 Å². The first-order chi connectivity index (χ1) is 12.8. The van der Waals surface area contributed by atoms with Crippen LogP contribution in [0.3, 0.4) is 0 Å². The number of aromatic nitrogens is 4. The van der Waals surface area contributed by atoms with Gasteiger partial charge in [0.2, 0.25) is 0 Å². The molecular weight excluding hydrogens is 363 g/mol. The summed E-state index contributed by atoms with van der Waals surface area (Å²) in [7, 11) is 1.52. The lowest BCUT2D eigenvalue weighted by molar-refractivity contribution is -0.153. The van der Waals surface area contributed by atoms with Crippen LogP contribution < -0.4 is 10.1 Å². The molecule has 3 rings (SSSR count). The number of alkyl halides is 3. The average Bonchev–Trinajstić information content (AvgIpc) is 3.01. The van der Waals surface area contributed by atoms with E-state index < -0.39 is 12.8 Å². The Balaban J connectivity index is 1.81. The fraction of sp³-hybridized carbons (Fsp3) is 0.294. The van der Waals surface area contributed by atoms with E-state index in [9.17, 15) is 18.0 Å². The molecule has 1 N–H and O–H groups in total. The second kappa shape index (κ2) is 7.22. The number of hydrogen-bond acceptors (Lipinski definition) is 5. The number of pyridine rings is 2. The van der Waals surface area contributed by atoms with E-state index >= 15 is 0 Å². The minimum atomic E-state index is -4.41. The summed E-state index contributed by atoms with van der Waals surface area (Å²) in [5.74, 6) is -0.243. The van der Waals surface area contributed by atoms with Crippen molar-refractivity contribution in [3.8, 4) is 5.75 Å². The Morgan fingerprint density at radius 3 is 2.78 bits per heavy atom. The van der Waals surface area contributed by atoms with Crippen molar-refractivity contribution < 1.29 is 22.7 Å². The number of fused-ring (bicyclic) bond motifs is 1. The van der Waals surface area contributed by atoms with Crippen molar-refractivity contribution in [3.63, 3.8) is 0 Å². The molecule has 3 aromatic heterocycles. The average molecular weight is 379 g/mol. The Morgan fingerprint density at radius 1 is 1.33 bits per heavy atom. The van der Waals surface area contributed by atoms with Crippen molar-refractivity contribution >= 4 is 16.8 Å². The first kappa shape index (κ1) is 18.6. The first-order valence-corrected chi connectivity index (χ1v) is 7.96. The number of carbonyl (C=O) groups is 1. The van der Waals surface area contributed by atoms with E-state index in [2.05, 4.69) is 20.4 Å². The van der Waals surface area contributed by atoms with E-state index in [0.29, 0.717) is 22.2 Å². The number of aryl methyl sites for hydroxylation is 1. The Bertz CT molecular complexity index is 984. The van der Waals surface area contributed by atoms with Crippen LogP contribution in [0.2, 0.25) is 0 Å². The maximum absolute atomic E-state index is 12.3. The van der Waals surface area contributed by atoms with Crippen molar-refractivity contribution in [2.45, 2.75) is 19.6 Å². The summed E-state index contributed by atoms with van der Waals surface area (Å²) in [5.41, 5.74) is 1.99. The number of amides is 1. The predicted octanol–water partition coefficient (Wildman–Crippen LogP) is 2.48. The van der Waals surface area contributed by atoms with Gasteiger partial charge in [-0.05, 0) is 24.6 Å². The molecule has 142 valence electrons. The number of hydrogen-bond donors (Lipinski definition) is 1. The minimum Gasteiger partial charge on any atom is -0.482 e. The van der Waals surface area contributed by atoms with Gasteiger partial charge >= 0.3 is 6.18 Å². The number of nitrogens with one attached hydrogen (secondary N) is 1. The molecular formula is C17H16F3N5O2. The molecule has 0 radical (unpaired) electrons. The number of halogens is 3. The highest BCUT2D eigenvalue weighted by Gasteiger charge is 2.28. The zero-order chi connectivity index (χ0) is 19.6. The van der Waals surface area contributed by atoms with Crippen LogP contribution >= 0.6 is 0 Å². The summed E-state index contributed by atoms with van der Waals surface area (Å²) in [6.07, 6.45) is 0.0331. The highest BCUT2D eigenvalue weighted by molar-refractivity contribution is 6.03. The Labute approximate surface area is 152 Å². The van der Waals surface area contributed by atoms with E-state index in [1.165, 1.54) is 19.4 Å².